The molecule has 1 aromatic heterocycles. The molecule has 0 aliphatic rings. The Morgan fingerprint density at radius 1 is 1.16 bits per heavy atom. The van der Waals surface area contributed by atoms with Crippen molar-refractivity contribution in [2.45, 2.75) is 5.75 Å². The minimum absolute atomic E-state index is 0.0447. The summed E-state index contributed by atoms with van der Waals surface area (Å²) in [5.41, 5.74) is 4.66. The van der Waals surface area contributed by atoms with Crippen LogP contribution in [0.15, 0.2) is 53.6 Å². The quantitative estimate of drug-likeness (QED) is 0.709. The number of aromatic nitrogens is 1. The van der Waals surface area contributed by atoms with Crippen LogP contribution >= 0.6 is 11.3 Å². The molecule has 6 nitrogen and oxygen atoms in total. The third-order valence-electron chi connectivity index (χ3n) is 3.61. The molecule has 25 heavy (non-hydrogen) atoms. The standard InChI is InChI=1S/C17H17N3O3S2/c1-20-14-5-3-4-6-15(14)24-17(20)19-18-16(21)13-9-7-12(8-10-13)11-25(2,22)23/h3-10H,11H2,1-2H3,(H,18,21). The smallest absolute Gasteiger partial charge is 0.271 e. The van der Waals surface area contributed by atoms with Crippen LogP contribution in [-0.4, -0.2) is 25.1 Å². The number of sulfone groups is 1. The van der Waals surface area contributed by atoms with Gasteiger partial charge in [0.1, 0.15) is 0 Å². The van der Waals surface area contributed by atoms with Gasteiger partial charge < -0.3 is 4.57 Å². The number of nitrogens with zero attached hydrogens (tertiary/aromatic N) is 2. The Kier molecular flexibility index (Phi) is 4.73. The van der Waals surface area contributed by atoms with Crippen molar-refractivity contribution in [2.75, 3.05) is 6.26 Å². The van der Waals surface area contributed by atoms with E-state index in [-0.39, 0.29) is 11.7 Å². The number of hydrogen-bond donors (Lipinski definition) is 1. The van der Waals surface area contributed by atoms with E-state index < -0.39 is 9.84 Å². The Morgan fingerprint density at radius 2 is 1.84 bits per heavy atom. The normalized spacial score (nSPS) is 12.5. The molecule has 0 saturated heterocycles. The predicted molar refractivity (Wildman–Crippen MR) is 98.8 cm³/mol. The second-order valence-corrected chi connectivity index (χ2v) is 8.88. The Morgan fingerprint density at radius 3 is 2.48 bits per heavy atom. The second kappa shape index (κ2) is 6.81. The largest absolute Gasteiger partial charge is 0.318 e. The van der Waals surface area contributed by atoms with Crippen molar-refractivity contribution >= 4 is 37.3 Å². The van der Waals surface area contributed by atoms with E-state index in [1.165, 1.54) is 17.6 Å². The first-order valence-electron chi connectivity index (χ1n) is 7.49. The number of hydrogen-bond acceptors (Lipinski definition) is 5. The van der Waals surface area contributed by atoms with Crippen LogP contribution in [-0.2, 0) is 22.6 Å². The Hall–Kier alpha value is -2.45. The van der Waals surface area contributed by atoms with Gasteiger partial charge in [0.2, 0.25) is 4.80 Å². The summed E-state index contributed by atoms with van der Waals surface area (Å²) in [5.74, 6) is -0.389. The maximum absolute atomic E-state index is 12.2. The monoisotopic (exact) mass is 375 g/mol. The number of aryl methyl sites for hydroxylation is 1. The molecule has 2 aromatic carbocycles. The van der Waals surface area contributed by atoms with E-state index in [2.05, 4.69) is 10.5 Å². The zero-order chi connectivity index (χ0) is 18.0. The molecule has 0 radical (unpaired) electrons. The topological polar surface area (TPSA) is 80.5 Å². The van der Waals surface area contributed by atoms with Crippen molar-refractivity contribution in [1.29, 1.82) is 0 Å². The highest BCUT2D eigenvalue weighted by Gasteiger charge is 2.08. The van der Waals surface area contributed by atoms with Gasteiger partial charge in [-0.15, -0.1) is 5.10 Å². The molecule has 130 valence electrons. The molecule has 0 spiro atoms. The maximum atomic E-state index is 12.2. The van der Waals surface area contributed by atoms with Crippen LogP contribution in [0.25, 0.3) is 10.2 Å². The molecule has 0 bridgehead atoms. The van der Waals surface area contributed by atoms with Crippen molar-refractivity contribution in [3.8, 4) is 0 Å². The molecule has 1 amide bonds. The molecular formula is C17H17N3O3S2. The molecule has 0 aliphatic heterocycles. The van der Waals surface area contributed by atoms with Crippen LogP contribution in [0.3, 0.4) is 0 Å². The minimum Gasteiger partial charge on any atom is -0.318 e. The third kappa shape index (κ3) is 4.15. The molecule has 1 N–H and O–H groups in total. The van der Waals surface area contributed by atoms with Crippen LogP contribution in [0.1, 0.15) is 15.9 Å². The van der Waals surface area contributed by atoms with Gasteiger partial charge in [-0.2, -0.15) is 0 Å². The summed E-state index contributed by atoms with van der Waals surface area (Å²) >= 11 is 1.48. The first-order valence-corrected chi connectivity index (χ1v) is 10.4. The highest BCUT2D eigenvalue weighted by atomic mass is 32.2. The summed E-state index contributed by atoms with van der Waals surface area (Å²) in [4.78, 5) is 12.9. The summed E-state index contributed by atoms with van der Waals surface area (Å²) < 4.78 is 25.6. The van der Waals surface area contributed by atoms with E-state index >= 15 is 0 Å². The number of carbonyl (C=O) groups is 1. The van der Waals surface area contributed by atoms with Gasteiger partial charge in [0.25, 0.3) is 5.91 Å². The summed E-state index contributed by atoms with van der Waals surface area (Å²) in [6, 6.07) is 14.4. The molecule has 0 atom stereocenters. The highest BCUT2D eigenvalue weighted by molar-refractivity contribution is 7.89. The summed E-state index contributed by atoms with van der Waals surface area (Å²) in [7, 11) is -1.20. The average Bonchev–Trinajstić information content (AvgIpc) is 2.88. The number of benzene rings is 2. The number of amides is 1. The van der Waals surface area contributed by atoms with Crippen molar-refractivity contribution in [2.24, 2.45) is 12.1 Å². The summed E-state index contributed by atoms with van der Waals surface area (Å²) in [6.07, 6.45) is 1.18. The average molecular weight is 375 g/mol. The summed E-state index contributed by atoms with van der Waals surface area (Å²) in [5, 5.41) is 4.19. The number of rotatable bonds is 4. The van der Waals surface area contributed by atoms with Crippen LogP contribution in [0.2, 0.25) is 0 Å². The lowest BCUT2D eigenvalue weighted by Gasteiger charge is -2.02. The second-order valence-electron chi connectivity index (χ2n) is 5.73. The zero-order valence-corrected chi connectivity index (χ0v) is 15.4. The van der Waals surface area contributed by atoms with Gasteiger partial charge in [0.15, 0.2) is 9.84 Å². The van der Waals surface area contributed by atoms with E-state index in [0.717, 1.165) is 10.2 Å². The Labute approximate surface area is 149 Å². The van der Waals surface area contributed by atoms with Crippen LogP contribution in [0.5, 0.6) is 0 Å². The van der Waals surface area contributed by atoms with E-state index in [1.807, 2.05) is 35.9 Å². The van der Waals surface area contributed by atoms with Gasteiger partial charge in [-0.25, -0.2) is 13.8 Å². The van der Waals surface area contributed by atoms with Gasteiger partial charge in [0.05, 0.1) is 16.0 Å². The minimum atomic E-state index is -3.09. The van der Waals surface area contributed by atoms with Crippen molar-refractivity contribution in [3.05, 3.63) is 64.5 Å². The van der Waals surface area contributed by atoms with Crippen molar-refractivity contribution in [3.63, 3.8) is 0 Å². The Bertz CT molecular complexity index is 1090. The van der Waals surface area contributed by atoms with E-state index in [9.17, 15) is 13.2 Å². The highest BCUT2D eigenvalue weighted by Crippen LogP contribution is 2.15. The van der Waals surface area contributed by atoms with Gasteiger partial charge in [-0.05, 0) is 29.8 Å². The number of thiazole rings is 1. The lowest BCUT2D eigenvalue weighted by atomic mass is 10.1. The van der Waals surface area contributed by atoms with Crippen LogP contribution in [0, 0.1) is 0 Å². The van der Waals surface area contributed by atoms with Crippen LogP contribution in [0.4, 0.5) is 0 Å². The molecule has 0 fully saturated rings. The molecule has 8 heteroatoms. The lowest BCUT2D eigenvalue weighted by Crippen LogP contribution is -2.23. The molecule has 0 unspecified atom stereocenters. The fraction of sp³-hybridized carbons (Fsp3) is 0.176. The third-order valence-corrected chi connectivity index (χ3v) is 5.58. The number of para-hydroxylation sites is 1. The van der Waals surface area contributed by atoms with Crippen molar-refractivity contribution < 1.29 is 13.2 Å². The first kappa shape index (κ1) is 17.4. The first-order chi connectivity index (χ1) is 11.8. The van der Waals surface area contributed by atoms with E-state index in [0.29, 0.717) is 15.9 Å². The SMILES string of the molecule is Cn1c(=NNC(=O)c2ccc(CS(C)(=O)=O)cc2)sc2ccccc21. The summed E-state index contributed by atoms with van der Waals surface area (Å²) in [6.45, 7) is 0. The van der Waals surface area contributed by atoms with Gasteiger partial charge in [0, 0.05) is 18.9 Å². The maximum Gasteiger partial charge on any atom is 0.271 e. The zero-order valence-electron chi connectivity index (χ0n) is 13.8. The van der Waals surface area contributed by atoms with Gasteiger partial charge in [-0.1, -0.05) is 35.6 Å². The molecular weight excluding hydrogens is 358 g/mol. The van der Waals surface area contributed by atoms with E-state index in [4.69, 9.17) is 0 Å². The number of fused-ring (bicyclic) bond motifs is 1. The number of nitrogens with one attached hydrogen (secondary N) is 1. The van der Waals surface area contributed by atoms with Gasteiger partial charge in [-0.3, -0.25) is 4.79 Å². The Balaban J connectivity index is 1.78. The van der Waals surface area contributed by atoms with E-state index in [1.54, 1.807) is 24.3 Å². The lowest BCUT2D eigenvalue weighted by molar-refractivity contribution is 0.0953. The fourth-order valence-electron chi connectivity index (χ4n) is 2.41. The molecule has 0 aliphatic carbocycles. The molecule has 1 heterocycles. The fourth-order valence-corrected chi connectivity index (χ4v) is 4.18. The number of carbonyl (C=O) groups excluding carboxylic acids is 1. The van der Waals surface area contributed by atoms with Crippen LogP contribution < -0.4 is 10.2 Å². The molecule has 3 rings (SSSR count). The molecule has 0 saturated carbocycles. The molecule has 3 aromatic rings. The van der Waals surface area contributed by atoms with Gasteiger partial charge >= 0.3 is 0 Å². The van der Waals surface area contributed by atoms with Crippen molar-refractivity contribution in [1.82, 2.24) is 9.99 Å². The predicted octanol–water partition coefficient (Wildman–Crippen LogP) is 2.03.